The highest BCUT2D eigenvalue weighted by Crippen LogP contribution is 2.30. The van der Waals surface area contributed by atoms with Crippen molar-refractivity contribution in [3.05, 3.63) is 71.9 Å². The van der Waals surface area contributed by atoms with Crippen LogP contribution in [0.4, 0.5) is 5.82 Å². The first-order valence-corrected chi connectivity index (χ1v) is 10.8. The SMILES string of the molecule is N/N=C\c1ccccc1-c1nc(/C=C/COc2ccccc2)c(S)c(N2CCOCC2)n1. The molecule has 0 spiro atoms. The quantitative estimate of drug-likeness (QED) is 0.249. The number of thiol groups is 1. The number of para-hydroxylation sites is 1. The fraction of sp³-hybridized carbons (Fsp3) is 0.208. The average molecular weight is 448 g/mol. The summed E-state index contributed by atoms with van der Waals surface area (Å²) in [6.45, 7) is 3.21. The number of aromatic nitrogens is 2. The van der Waals surface area contributed by atoms with Crippen molar-refractivity contribution in [2.45, 2.75) is 4.90 Å². The molecule has 0 atom stereocenters. The highest BCUT2D eigenvalue weighted by atomic mass is 32.1. The summed E-state index contributed by atoms with van der Waals surface area (Å²) in [5.74, 6) is 7.59. The van der Waals surface area contributed by atoms with Gasteiger partial charge in [-0.1, -0.05) is 42.5 Å². The third-order valence-electron chi connectivity index (χ3n) is 4.98. The van der Waals surface area contributed by atoms with Crippen LogP contribution < -0.4 is 15.5 Å². The Morgan fingerprint density at radius 1 is 1.06 bits per heavy atom. The second-order valence-electron chi connectivity index (χ2n) is 7.10. The molecule has 4 rings (SSSR count). The predicted octanol–water partition coefficient (Wildman–Crippen LogP) is 3.65. The van der Waals surface area contributed by atoms with Gasteiger partial charge < -0.3 is 20.2 Å². The smallest absolute Gasteiger partial charge is 0.162 e. The van der Waals surface area contributed by atoms with E-state index in [1.807, 2.05) is 66.7 Å². The van der Waals surface area contributed by atoms with Crippen LogP contribution >= 0.6 is 12.6 Å². The number of anilines is 1. The minimum Gasteiger partial charge on any atom is -0.490 e. The van der Waals surface area contributed by atoms with Crippen LogP contribution in [0.2, 0.25) is 0 Å². The van der Waals surface area contributed by atoms with Crippen LogP contribution in [-0.2, 0) is 4.74 Å². The number of hydrogen-bond donors (Lipinski definition) is 2. The Kier molecular flexibility index (Phi) is 7.37. The molecule has 8 heteroatoms. The predicted molar refractivity (Wildman–Crippen MR) is 131 cm³/mol. The van der Waals surface area contributed by atoms with E-state index in [0.29, 0.717) is 25.6 Å². The number of nitrogens with zero attached hydrogens (tertiary/aromatic N) is 4. The van der Waals surface area contributed by atoms with Crippen molar-refractivity contribution < 1.29 is 9.47 Å². The van der Waals surface area contributed by atoms with Crippen molar-refractivity contribution in [3.8, 4) is 17.1 Å². The Labute approximate surface area is 193 Å². The average Bonchev–Trinajstić information content (AvgIpc) is 2.84. The molecular formula is C24H25N5O2S. The first-order chi connectivity index (χ1) is 15.8. The van der Waals surface area contributed by atoms with Gasteiger partial charge in [0.25, 0.3) is 0 Å². The van der Waals surface area contributed by atoms with Crippen LogP contribution in [0, 0.1) is 0 Å². The summed E-state index contributed by atoms with van der Waals surface area (Å²) < 4.78 is 11.3. The fourth-order valence-electron chi connectivity index (χ4n) is 3.41. The van der Waals surface area contributed by atoms with Crippen LogP contribution in [0.3, 0.4) is 0 Å². The van der Waals surface area contributed by atoms with Crippen molar-refractivity contribution in [1.82, 2.24) is 9.97 Å². The number of hydrogen-bond acceptors (Lipinski definition) is 8. The second kappa shape index (κ2) is 10.8. The molecule has 0 bridgehead atoms. The Bertz CT molecular complexity index is 1100. The third kappa shape index (κ3) is 5.27. The van der Waals surface area contributed by atoms with Crippen molar-refractivity contribution in [3.63, 3.8) is 0 Å². The number of rotatable bonds is 7. The molecule has 164 valence electrons. The summed E-state index contributed by atoms with van der Waals surface area (Å²) in [7, 11) is 0. The molecule has 0 unspecified atom stereocenters. The molecule has 1 saturated heterocycles. The van der Waals surface area contributed by atoms with Crippen LogP contribution in [0.25, 0.3) is 17.5 Å². The molecule has 0 amide bonds. The van der Waals surface area contributed by atoms with Gasteiger partial charge in [-0.2, -0.15) is 5.10 Å². The molecule has 3 aromatic rings. The Hall–Kier alpha value is -3.36. The number of morpholine rings is 1. The summed E-state index contributed by atoms with van der Waals surface area (Å²) in [4.78, 5) is 12.6. The van der Waals surface area contributed by atoms with E-state index in [0.717, 1.165) is 46.4 Å². The summed E-state index contributed by atoms with van der Waals surface area (Å²) >= 11 is 4.77. The van der Waals surface area contributed by atoms with Gasteiger partial charge in [0.15, 0.2) is 5.82 Å². The largest absolute Gasteiger partial charge is 0.490 e. The first kappa shape index (κ1) is 21.9. The van der Waals surface area contributed by atoms with E-state index < -0.39 is 0 Å². The highest BCUT2D eigenvalue weighted by molar-refractivity contribution is 7.80. The molecule has 2 heterocycles. The lowest BCUT2D eigenvalue weighted by atomic mass is 10.1. The van der Waals surface area contributed by atoms with Gasteiger partial charge in [-0.05, 0) is 24.3 Å². The molecule has 1 aliphatic rings. The summed E-state index contributed by atoms with van der Waals surface area (Å²) in [6, 6.07) is 17.5. The number of ether oxygens (including phenoxy) is 2. The van der Waals surface area contributed by atoms with Crippen molar-refractivity contribution in [2.75, 3.05) is 37.8 Å². The molecule has 1 fully saturated rings. The lowest BCUT2D eigenvalue weighted by molar-refractivity contribution is 0.122. The van der Waals surface area contributed by atoms with Crippen LogP contribution in [-0.4, -0.2) is 49.1 Å². The van der Waals surface area contributed by atoms with Gasteiger partial charge >= 0.3 is 0 Å². The fourth-order valence-corrected chi connectivity index (χ4v) is 3.72. The van der Waals surface area contributed by atoms with Crippen LogP contribution in [0.15, 0.2) is 70.7 Å². The molecule has 7 nitrogen and oxygen atoms in total. The van der Waals surface area contributed by atoms with Crippen molar-refractivity contribution in [1.29, 1.82) is 0 Å². The Morgan fingerprint density at radius 3 is 2.59 bits per heavy atom. The molecular weight excluding hydrogens is 422 g/mol. The lowest BCUT2D eigenvalue weighted by Gasteiger charge is -2.29. The van der Waals surface area contributed by atoms with Gasteiger partial charge in [0.1, 0.15) is 18.2 Å². The lowest BCUT2D eigenvalue weighted by Crippen LogP contribution is -2.37. The molecule has 2 N–H and O–H groups in total. The molecule has 0 aliphatic carbocycles. The van der Waals surface area contributed by atoms with E-state index in [-0.39, 0.29) is 0 Å². The Morgan fingerprint density at radius 2 is 1.81 bits per heavy atom. The van der Waals surface area contributed by atoms with E-state index in [2.05, 4.69) is 10.0 Å². The van der Waals surface area contributed by atoms with E-state index in [1.165, 1.54) is 0 Å². The van der Waals surface area contributed by atoms with Gasteiger partial charge in [0, 0.05) is 24.2 Å². The maximum Gasteiger partial charge on any atom is 0.162 e. The first-order valence-electron chi connectivity index (χ1n) is 10.4. The normalized spacial score (nSPS) is 14.3. The molecule has 0 radical (unpaired) electrons. The standard InChI is InChI=1S/C24H25N5O2S/c25-26-17-18-7-4-5-10-20(18)23-27-21(11-6-14-31-19-8-2-1-3-9-19)22(32)24(28-23)29-12-15-30-16-13-29/h1-11,17,32H,12-16,25H2/b11-6+,26-17-. The number of hydrazone groups is 1. The maximum atomic E-state index is 5.77. The number of nitrogens with two attached hydrogens (primary N) is 1. The van der Waals surface area contributed by atoms with Gasteiger partial charge in [0.05, 0.1) is 30.0 Å². The molecule has 32 heavy (non-hydrogen) atoms. The minimum atomic E-state index is 0.417. The highest BCUT2D eigenvalue weighted by Gasteiger charge is 2.20. The van der Waals surface area contributed by atoms with Crippen molar-refractivity contribution in [2.24, 2.45) is 10.9 Å². The van der Waals surface area contributed by atoms with Gasteiger partial charge in [0.2, 0.25) is 0 Å². The maximum absolute atomic E-state index is 5.77. The molecule has 1 aliphatic heterocycles. The molecule has 2 aromatic carbocycles. The Balaban J connectivity index is 1.68. The second-order valence-corrected chi connectivity index (χ2v) is 7.54. The van der Waals surface area contributed by atoms with E-state index in [1.54, 1.807) is 6.21 Å². The van der Waals surface area contributed by atoms with Gasteiger partial charge in [-0.3, -0.25) is 0 Å². The molecule has 1 aromatic heterocycles. The summed E-state index contributed by atoms with van der Waals surface area (Å²) in [5.41, 5.74) is 2.41. The van der Waals surface area contributed by atoms with Gasteiger partial charge in [-0.25, -0.2) is 9.97 Å². The van der Waals surface area contributed by atoms with Crippen molar-refractivity contribution >= 4 is 30.7 Å². The zero-order valence-electron chi connectivity index (χ0n) is 17.6. The van der Waals surface area contributed by atoms with E-state index in [4.69, 9.17) is 37.9 Å². The van der Waals surface area contributed by atoms with Gasteiger partial charge in [-0.15, -0.1) is 12.6 Å². The zero-order chi connectivity index (χ0) is 22.2. The monoisotopic (exact) mass is 447 g/mol. The zero-order valence-corrected chi connectivity index (χ0v) is 18.5. The summed E-state index contributed by atoms with van der Waals surface area (Å²) in [5, 5.41) is 3.68. The van der Waals surface area contributed by atoms with E-state index >= 15 is 0 Å². The van der Waals surface area contributed by atoms with E-state index in [9.17, 15) is 0 Å². The topological polar surface area (TPSA) is 85.9 Å². The minimum absolute atomic E-state index is 0.417. The molecule has 0 saturated carbocycles. The van der Waals surface area contributed by atoms with Crippen LogP contribution in [0.1, 0.15) is 11.3 Å². The number of benzene rings is 2. The van der Waals surface area contributed by atoms with Crippen LogP contribution in [0.5, 0.6) is 5.75 Å². The summed E-state index contributed by atoms with van der Waals surface area (Å²) in [6.07, 6.45) is 5.44. The third-order valence-corrected chi connectivity index (χ3v) is 5.41.